The molecule has 0 N–H and O–H groups in total. The van der Waals surface area contributed by atoms with Gasteiger partial charge in [-0.05, 0) is 56.7 Å². The topological polar surface area (TPSA) is 36.7 Å². The summed E-state index contributed by atoms with van der Waals surface area (Å²) in [7, 11) is 0. The first-order valence-corrected chi connectivity index (χ1v) is 10.8. The molecule has 27 heavy (non-hydrogen) atoms. The average Bonchev–Trinajstić information content (AvgIpc) is 3.23. The van der Waals surface area contributed by atoms with E-state index in [0.29, 0.717) is 5.41 Å². The predicted molar refractivity (Wildman–Crippen MR) is 110 cm³/mol. The summed E-state index contributed by atoms with van der Waals surface area (Å²) in [4.78, 5) is 10.7. The minimum atomic E-state index is 0.553. The van der Waals surface area contributed by atoms with Crippen molar-refractivity contribution in [1.82, 2.24) is 19.5 Å². The Balaban J connectivity index is 1.17. The maximum Gasteiger partial charge on any atom is 0.214 e. The molecule has 0 unspecified atom stereocenters. The maximum absolute atomic E-state index is 4.74. The summed E-state index contributed by atoms with van der Waals surface area (Å²) in [6.45, 7) is 7.86. The van der Waals surface area contributed by atoms with Gasteiger partial charge in [-0.15, -0.1) is 5.10 Å². The smallest absolute Gasteiger partial charge is 0.214 e. The van der Waals surface area contributed by atoms with Crippen LogP contribution in [-0.2, 0) is 6.54 Å². The zero-order valence-corrected chi connectivity index (χ0v) is 16.8. The van der Waals surface area contributed by atoms with E-state index in [-0.39, 0.29) is 0 Å². The molecule has 5 nitrogen and oxygen atoms in total. The van der Waals surface area contributed by atoms with Crippen molar-refractivity contribution in [3.8, 4) is 0 Å². The largest absolute Gasteiger partial charge is 0.347 e. The minimum absolute atomic E-state index is 0.553. The van der Waals surface area contributed by atoms with Gasteiger partial charge >= 0.3 is 0 Å². The van der Waals surface area contributed by atoms with E-state index in [1.165, 1.54) is 44.3 Å². The molecule has 2 saturated heterocycles. The molecule has 0 radical (unpaired) electrons. The highest BCUT2D eigenvalue weighted by Crippen LogP contribution is 2.42. The third kappa shape index (κ3) is 3.48. The van der Waals surface area contributed by atoms with Crippen molar-refractivity contribution in [2.45, 2.75) is 39.2 Å². The molecule has 2 aromatic heterocycles. The normalized spacial score (nSPS) is 20.6. The monoisotopic (exact) mass is 381 g/mol. The lowest BCUT2D eigenvalue weighted by molar-refractivity contribution is 0.0758. The van der Waals surface area contributed by atoms with Crippen LogP contribution in [0.4, 0.5) is 5.13 Å². The van der Waals surface area contributed by atoms with Crippen molar-refractivity contribution in [3.05, 3.63) is 47.8 Å². The van der Waals surface area contributed by atoms with Gasteiger partial charge in [-0.1, -0.05) is 41.7 Å². The van der Waals surface area contributed by atoms with E-state index in [2.05, 4.69) is 45.1 Å². The lowest BCUT2D eigenvalue weighted by atomic mass is 9.71. The fraction of sp³-hybridized carbons (Fsp3) is 0.524. The van der Waals surface area contributed by atoms with Crippen LogP contribution in [0.2, 0.25) is 0 Å². The lowest BCUT2D eigenvalue weighted by Gasteiger charge is -2.46. The van der Waals surface area contributed by atoms with Crippen molar-refractivity contribution in [1.29, 1.82) is 0 Å². The number of hydrogen-bond acceptors (Lipinski definition) is 5. The summed E-state index contributed by atoms with van der Waals surface area (Å²) < 4.78 is 1.93. The Bertz CT molecular complexity index is 866. The predicted octanol–water partition coefficient (Wildman–Crippen LogP) is 3.98. The third-order valence-electron chi connectivity index (χ3n) is 6.41. The number of likely N-dealkylation sites (tertiary alicyclic amines) is 1. The van der Waals surface area contributed by atoms with Crippen LogP contribution in [-0.4, -0.2) is 45.7 Å². The number of fused-ring (bicyclic) bond motifs is 1. The highest BCUT2D eigenvalue weighted by atomic mass is 32.1. The summed E-state index contributed by atoms with van der Waals surface area (Å²) in [6, 6.07) is 10.9. The molecule has 4 heterocycles. The summed E-state index contributed by atoms with van der Waals surface area (Å²) >= 11 is 1.72. The lowest BCUT2D eigenvalue weighted by Crippen LogP contribution is -2.46. The van der Waals surface area contributed by atoms with Gasteiger partial charge in [-0.2, -0.15) is 0 Å². The maximum atomic E-state index is 4.74. The van der Waals surface area contributed by atoms with Crippen LogP contribution in [0, 0.1) is 12.3 Å². The Morgan fingerprint density at radius 2 is 1.70 bits per heavy atom. The van der Waals surface area contributed by atoms with E-state index in [4.69, 9.17) is 5.10 Å². The molecule has 2 aliphatic rings. The van der Waals surface area contributed by atoms with Crippen LogP contribution in [0.5, 0.6) is 0 Å². The number of rotatable bonds is 3. The molecule has 142 valence electrons. The Morgan fingerprint density at radius 1 is 1.00 bits per heavy atom. The van der Waals surface area contributed by atoms with Gasteiger partial charge in [0.1, 0.15) is 0 Å². The van der Waals surface area contributed by atoms with Gasteiger partial charge in [0.25, 0.3) is 0 Å². The number of hydrogen-bond donors (Lipinski definition) is 0. The van der Waals surface area contributed by atoms with Crippen molar-refractivity contribution in [2.24, 2.45) is 5.41 Å². The van der Waals surface area contributed by atoms with E-state index in [0.717, 1.165) is 35.4 Å². The highest BCUT2D eigenvalue weighted by Gasteiger charge is 2.38. The van der Waals surface area contributed by atoms with E-state index in [1.54, 1.807) is 11.3 Å². The Hall–Kier alpha value is -1.92. The van der Waals surface area contributed by atoms with Gasteiger partial charge in [0.15, 0.2) is 0 Å². The van der Waals surface area contributed by atoms with Crippen molar-refractivity contribution in [2.75, 3.05) is 31.1 Å². The van der Waals surface area contributed by atoms with Gasteiger partial charge in [0, 0.05) is 19.6 Å². The molecular formula is C21H27N5S. The molecule has 3 aromatic rings. The quantitative estimate of drug-likeness (QED) is 0.688. The fourth-order valence-electron chi connectivity index (χ4n) is 4.63. The Labute approximate surface area is 164 Å². The molecular weight excluding hydrogens is 354 g/mol. The van der Waals surface area contributed by atoms with Gasteiger partial charge in [-0.3, -0.25) is 4.90 Å². The summed E-state index contributed by atoms with van der Waals surface area (Å²) in [5, 5.41) is 5.87. The zero-order valence-electron chi connectivity index (χ0n) is 16.0. The number of nitrogens with zero attached hydrogens (tertiary/aromatic N) is 5. The molecule has 0 saturated carbocycles. The number of imidazole rings is 1. The van der Waals surface area contributed by atoms with Crippen LogP contribution < -0.4 is 4.90 Å². The summed E-state index contributed by atoms with van der Waals surface area (Å²) in [5.74, 6) is 0. The minimum Gasteiger partial charge on any atom is -0.347 e. The number of benzene rings is 1. The van der Waals surface area contributed by atoms with Gasteiger partial charge in [-0.25, -0.2) is 9.50 Å². The van der Waals surface area contributed by atoms with Crippen molar-refractivity contribution >= 4 is 21.4 Å². The first kappa shape index (κ1) is 17.2. The first-order chi connectivity index (χ1) is 13.2. The van der Waals surface area contributed by atoms with Gasteiger partial charge in [0.05, 0.1) is 11.9 Å². The molecule has 1 aromatic carbocycles. The number of aryl methyl sites for hydroxylation is 1. The Kier molecular flexibility index (Phi) is 4.40. The summed E-state index contributed by atoms with van der Waals surface area (Å²) in [5.41, 5.74) is 3.03. The first-order valence-electron chi connectivity index (χ1n) is 10.0. The van der Waals surface area contributed by atoms with Crippen LogP contribution in [0.25, 0.3) is 4.96 Å². The second-order valence-corrected chi connectivity index (χ2v) is 9.18. The molecule has 1 spiro atoms. The van der Waals surface area contributed by atoms with Crippen LogP contribution in [0.1, 0.15) is 36.9 Å². The highest BCUT2D eigenvalue weighted by molar-refractivity contribution is 7.20. The third-order valence-corrected chi connectivity index (χ3v) is 7.40. The van der Waals surface area contributed by atoms with Crippen molar-refractivity contribution in [3.63, 3.8) is 0 Å². The molecule has 5 rings (SSSR count). The summed E-state index contributed by atoms with van der Waals surface area (Å²) in [6.07, 6.45) is 7.30. The zero-order chi connectivity index (χ0) is 18.3. The van der Waals surface area contributed by atoms with E-state index >= 15 is 0 Å². The van der Waals surface area contributed by atoms with Gasteiger partial charge in [0.2, 0.25) is 10.1 Å². The molecule has 0 aliphatic carbocycles. The molecule has 2 fully saturated rings. The SMILES string of the molecule is Cc1cn2nc(N3CCC4(CCN(Cc5ccccc5)CC4)CC3)sc2n1. The van der Waals surface area contributed by atoms with Crippen LogP contribution >= 0.6 is 11.3 Å². The molecule has 0 amide bonds. The Morgan fingerprint density at radius 3 is 2.41 bits per heavy atom. The number of aromatic nitrogens is 3. The molecule has 0 atom stereocenters. The van der Waals surface area contributed by atoms with E-state index in [1.807, 2.05) is 17.6 Å². The van der Waals surface area contributed by atoms with Crippen LogP contribution in [0.3, 0.4) is 0 Å². The molecule has 2 aliphatic heterocycles. The second-order valence-electron chi connectivity index (χ2n) is 8.24. The van der Waals surface area contributed by atoms with Crippen LogP contribution in [0.15, 0.2) is 36.5 Å². The van der Waals surface area contributed by atoms with E-state index in [9.17, 15) is 0 Å². The molecule has 6 heteroatoms. The van der Waals surface area contributed by atoms with Crippen molar-refractivity contribution < 1.29 is 0 Å². The number of anilines is 1. The average molecular weight is 382 g/mol. The van der Waals surface area contributed by atoms with E-state index < -0.39 is 0 Å². The fourth-order valence-corrected chi connectivity index (χ4v) is 5.61. The molecule has 0 bridgehead atoms. The second kappa shape index (κ2) is 6.91. The number of piperidine rings is 2. The standard InChI is InChI=1S/C21H27N5S/c1-17-15-26-19(22-17)27-20(23-26)25-13-9-21(10-14-25)7-11-24(12-8-21)16-18-5-3-2-4-6-18/h2-6,15H,7-14,16H2,1H3. The van der Waals surface area contributed by atoms with Gasteiger partial charge < -0.3 is 4.90 Å².